The second-order valence-corrected chi connectivity index (χ2v) is 9.25. The highest BCUT2D eigenvalue weighted by Gasteiger charge is 2.25. The summed E-state index contributed by atoms with van der Waals surface area (Å²) in [7, 11) is -2.21. The number of anilines is 2. The lowest BCUT2D eigenvalue weighted by molar-refractivity contribution is -0.115. The molecule has 1 N–H and O–H groups in total. The first kappa shape index (κ1) is 22.2. The molecule has 1 heterocycles. The average molecular weight is 438 g/mol. The van der Waals surface area contributed by atoms with Crippen LogP contribution in [0.4, 0.5) is 20.2 Å². The molecule has 0 unspecified atom stereocenters. The van der Waals surface area contributed by atoms with Crippen LogP contribution in [0.1, 0.15) is 19.8 Å². The predicted octanol–water partition coefficient (Wildman–Crippen LogP) is 3.29. The number of rotatable bonds is 5. The quantitative estimate of drug-likeness (QED) is 0.778. The second kappa shape index (κ2) is 9.09. The van der Waals surface area contributed by atoms with Crippen molar-refractivity contribution in [2.45, 2.75) is 29.6 Å². The van der Waals surface area contributed by atoms with Crippen molar-refractivity contribution >= 4 is 27.1 Å². The Morgan fingerprint density at radius 2 is 1.73 bits per heavy atom. The molecule has 9 heteroatoms. The summed E-state index contributed by atoms with van der Waals surface area (Å²) in [6, 6.07) is 6.80. The molecule has 1 aliphatic heterocycles. The van der Waals surface area contributed by atoms with E-state index in [-0.39, 0.29) is 22.9 Å². The third-order valence-corrected chi connectivity index (χ3v) is 6.87. The monoisotopic (exact) mass is 437 g/mol. The first-order valence-electron chi connectivity index (χ1n) is 9.79. The van der Waals surface area contributed by atoms with Crippen molar-refractivity contribution in [3.05, 3.63) is 48.0 Å². The number of nitrogens with zero attached hydrogens (tertiary/aromatic N) is 2. The van der Waals surface area contributed by atoms with Crippen LogP contribution in [-0.2, 0) is 14.6 Å². The van der Waals surface area contributed by atoms with Crippen LogP contribution < -0.4 is 10.2 Å². The summed E-state index contributed by atoms with van der Waals surface area (Å²) in [5, 5.41) is 2.63. The van der Waals surface area contributed by atoms with Crippen molar-refractivity contribution in [3.8, 4) is 0 Å². The van der Waals surface area contributed by atoms with Gasteiger partial charge < -0.3 is 15.1 Å². The number of benzene rings is 2. The standard InChI is InChI=1S/C21H25F2N3O3S/c1-3-21(27)24-19-14-17(26-8-4-7-25(2)9-10-26)5-6-20(19)30(28,29)18-12-15(22)11-16(23)13-18/h5-6,11-14H,3-4,7-10H2,1-2H3,(H,24,27). The topological polar surface area (TPSA) is 69.7 Å². The van der Waals surface area contributed by atoms with Gasteiger partial charge in [-0.3, -0.25) is 4.79 Å². The first-order valence-corrected chi connectivity index (χ1v) is 11.3. The number of carbonyl (C=O) groups is 1. The number of halogens is 2. The highest BCUT2D eigenvalue weighted by Crippen LogP contribution is 2.32. The molecule has 1 saturated heterocycles. The van der Waals surface area contributed by atoms with Gasteiger partial charge in [-0.25, -0.2) is 17.2 Å². The lowest BCUT2D eigenvalue weighted by atomic mass is 10.2. The molecule has 0 saturated carbocycles. The van der Waals surface area contributed by atoms with E-state index in [4.69, 9.17) is 0 Å². The SMILES string of the molecule is CCC(=O)Nc1cc(N2CCCN(C)CC2)ccc1S(=O)(=O)c1cc(F)cc(F)c1. The Balaban J connectivity index is 2.05. The Kier molecular flexibility index (Phi) is 6.72. The molecule has 1 amide bonds. The van der Waals surface area contributed by atoms with Gasteiger partial charge in [0.1, 0.15) is 11.6 Å². The van der Waals surface area contributed by atoms with Crippen molar-refractivity contribution in [2.75, 3.05) is 43.4 Å². The molecule has 2 aromatic rings. The van der Waals surface area contributed by atoms with Gasteiger partial charge in [0.15, 0.2) is 0 Å². The number of hydrogen-bond donors (Lipinski definition) is 1. The van der Waals surface area contributed by atoms with Crippen LogP contribution in [0.25, 0.3) is 0 Å². The third-order valence-electron chi connectivity index (χ3n) is 5.08. The summed E-state index contributed by atoms with van der Waals surface area (Å²) in [5.41, 5.74) is 0.877. The minimum atomic E-state index is -4.25. The second-order valence-electron chi connectivity index (χ2n) is 7.33. The van der Waals surface area contributed by atoms with Crippen LogP contribution in [0.5, 0.6) is 0 Å². The summed E-state index contributed by atoms with van der Waals surface area (Å²) < 4.78 is 53.5. The van der Waals surface area contributed by atoms with Gasteiger partial charge in [-0.05, 0) is 50.3 Å². The van der Waals surface area contributed by atoms with Gasteiger partial charge in [0.25, 0.3) is 0 Å². The van der Waals surface area contributed by atoms with Gasteiger partial charge in [0, 0.05) is 37.8 Å². The van der Waals surface area contributed by atoms with E-state index >= 15 is 0 Å². The molecule has 0 aromatic heterocycles. The molecule has 0 spiro atoms. The molecule has 162 valence electrons. The molecule has 0 aliphatic carbocycles. The Morgan fingerprint density at radius 1 is 1.03 bits per heavy atom. The van der Waals surface area contributed by atoms with Crippen LogP contribution >= 0.6 is 0 Å². The zero-order chi connectivity index (χ0) is 21.9. The maximum atomic E-state index is 13.6. The van der Waals surface area contributed by atoms with Crippen LogP contribution in [0.3, 0.4) is 0 Å². The van der Waals surface area contributed by atoms with Crippen LogP contribution in [0.15, 0.2) is 46.2 Å². The van der Waals surface area contributed by atoms with E-state index in [1.807, 2.05) is 7.05 Å². The van der Waals surface area contributed by atoms with E-state index in [9.17, 15) is 22.0 Å². The van der Waals surface area contributed by atoms with Crippen LogP contribution in [-0.4, -0.2) is 52.5 Å². The van der Waals surface area contributed by atoms with E-state index in [0.717, 1.165) is 50.4 Å². The summed E-state index contributed by atoms with van der Waals surface area (Å²) in [6.07, 6.45) is 1.11. The maximum Gasteiger partial charge on any atom is 0.224 e. The zero-order valence-corrected chi connectivity index (χ0v) is 17.8. The van der Waals surface area contributed by atoms with Gasteiger partial charge in [-0.15, -0.1) is 0 Å². The van der Waals surface area contributed by atoms with Gasteiger partial charge in [-0.1, -0.05) is 6.92 Å². The smallest absolute Gasteiger partial charge is 0.224 e. The fourth-order valence-corrected chi connectivity index (χ4v) is 4.84. The van der Waals surface area contributed by atoms with E-state index in [1.165, 1.54) is 6.07 Å². The van der Waals surface area contributed by atoms with Crippen molar-refractivity contribution in [1.82, 2.24) is 4.90 Å². The van der Waals surface area contributed by atoms with Gasteiger partial charge in [0.05, 0.1) is 15.5 Å². The summed E-state index contributed by atoms with van der Waals surface area (Å²) >= 11 is 0. The number of carbonyl (C=O) groups excluding carboxylic acids is 1. The van der Waals surface area contributed by atoms with Crippen LogP contribution in [0.2, 0.25) is 0 Å². The Hall–Kier alpha value is -2.52. The number of hydrogen-bond acceptors (Lipinski definition) is 5. The lowest BCUT2D eigenvalue weighted by Gasteiger charge is -2.24. The normalized spacial score (nSPS) is 15.7. The van der Waals surface area contributed by atoms with Crippen molar-refractivity contribution in [3.63, 3.8) is 0 Å². The highest BCUT2D eigenvalue weighted by atomic mass is 32.2. The molecule has 1 fully saturated rings. The van der Waals surface area contributed by atoms with Crippen LogP contribution in [0, 0.1) is 11.6 Å². The van der Waals surface area contributed by atoms with Crippen molar-refractivity contribution < 1.29 is 22.0 Å². The largest absolute Gasteiger partial charge is 0.370 e. The average Bonchev–Trinajstić information content (AvgIpc) is 2.91. The van der Waals surface area contributed by atoms with E-state index in [2.05, 4.69) is 15.1 Å². The molecule has 30 heavy (non-hydrogen) atoms. The number of sulfone groups is 1. The Bertz CT molecular complexity index is 1020. The minimum absolute atomic E-state index is 0.0987. The summed E-state index contributed by atoms with van der Waals surface area (Å²) in [5.74, 6) is -2.33. The van der Waals surface area contributed by atoms with Gasteiger partial charge in [0.2, 0.25) is 15.7 Å². The third kappa shape index (κ3) is 4.96. The first-order chi connectivity index (χ1) is 14.2. The number of likely N-dealkylation sites (N-methyl/N-ethyl adjacent to an activating group) is 1. The van der Waals surface area contributed by atoms with Crippen molar-refractivity contribution in [2.24, 2.45) is 0 Å². The van der Waals surface area contributed by atoms with Crippen molar-refractivity contribution in [1.29, 1.82) is 0 Å². The molecule has 3 rings (SSSR count). The summed E-state index contributed by atoms with van der Waals surface area (Å²) in [4.78, 5) is 15.7. The van der Waals surface area contributed by atoms with E-state index < -0.39 is 26.4 Å². The van der Waals surface area contributed by atoms with Gasteiger partial charge in [-0.2, -0.15) is 0 Å². The molecule has 2 aromatic carbocycles. The zero-order valence-electron chi connectivity index (χ0n) is 17.0. The summed E-state index contributed by atoms with van der Waals surface area (Å²) in [6.45, 7) is 5.04. The highest BCUT2D eigenvalue weighted by molar-refractivity contribution is 7.91. The Labute approximate surface area is 175 Å². The minimum Gasteiger partial charge on any atom is -0.370 e. The Morgan fingerprint density at radius 3 is 2.40 bits per heavy atom. The molecule has 0 bridgehead atoms. The fraction of sp³-hybridized carbons (Fsp3) is 0.381. The number of amides is 1. The number of nitrogens with one attached hydrogen (secondary N) is 1. The predicted molar refractivity (Wildman–Crippen MR) is 111 cm³/mol. The molecule has 6 nitrogen and oxygen atoms in total. The molecule has 0 atom stereocenters. The molecule has 1 aliphatic rings. The molecule has 0 radical (unpaired) electrons. The van der Waals surface area contributed by atoms with E-state index in [1.54, 1.807) is 19.1 Å². The lowest BCUT2D eigenvalue weighted by Crippen LogP contribution is -2.29. The van der Waals surface area contributed by atoms with Gasteiger partial charge >= 0.3 is 0 Å². The molecular weight excluding hydrogens is 412 g/mol. The van der Waals surface area contributed by atoms with E-state index in [0.29, 0.717) is 6.07 Å². The fourth-order valence-electron chi connectivity index (χ4n) is 3.40. The maximum absolute atomic E-state index is 13.6. The molecular formula is C21H25F2N3O3S.